The van der Waals surface area contributed by atoms with Crippen LogP contribution in [0.15, 0.2) is 0 Å². The zero-order chi connectivity index (χ0) is 13.7. The largest absolute Gasteiger partial charge is 0.349 e. The van der Waals surface area contributed by atoms with E-state index in [1.807, 2.05) is 6.92 Å². The van der Waals surface area contributed by atoms with Gasteiger partial charge in [-0.3, -0.25) is 0 Å². The van der Waals surface area contributed by atoms with Crippen molar-refractivity contribution < 1.29 is 9.47 Å². The number of hydrogen-bond donors (Lipinski definition) is 1. The van der Waals surface area contributed by atoms with Gasteiger partial charge in [0.25, 0.3) is 0 Å². The van der Waals surface area contributed by atoms with Gasteiger partial charge in [-0.15, -0.1) is 17.0 Å². The van der Waals surface area contributed by atoms with Gasteiger partial charge in [0, 0.05) is 6.54 Å². The molecule has 19 heavy (non-hydrogen) atoms. The van der Waals surface area contributed by atoms with Crippen molar-refractivity contribution in [2.45, 2.75) is 77.9 Å². The molecule has 0 aliphatic heterocycles. The fourth-order valence-corrected chi connectivity index (χ4v) is 1.79. The molecule has 0 fully saturated rings. The monoisotopic (exact) mass is 339 g/mol. The highest BCUT2D eigenvalue weighted by molar-refractivity contribution is 8.93. The van der Waals surface area contributed by atoms with Crippen molar-refractivity contribution in [1.29, 1.82) is 0 Å². The summed E-state index contributed by atoms with van der Waals surface area (Å²) in [5.74, 6) is -0.585. The van der Waals surface area contributed by atoms with E-state index in [-0.39, 0.29) is 17.0 Å². The van der Waals surface area contributed by atoms with Gasteiger partial charge in [0.15, 0.2) is 5.79 Å². The Morgan fingerprint density at radius 2 is 1.21 bits per heavy atom. The van der Waals surface area contributed by atoms with Gasteiger partial charge < -0.3 is 15.2 Å². The van der Waals surface area contributed by atoms with Crippen molar-refractivity contribution in [3.63, 3.8) is 0 Å². The van der Waals surface area contributed by atoms with E-state index in [4.69, 9.17) is 15.2 Å². The van der Waals surface area contributed by atoms with Crippen LogP contribution in [-0.4, -0.2) is 25.5 Å². The van der Waals surface area contributed by atoms with E-state index < -0.39 is 5.79 Å². The van der Waals surface area contributed by atoms with Gasteiger partial charge in [0.05, 0.1) is 13.2 Å². The van der Waals surface area contributed by atoms with Gasteiger partial charge in [-0.05, 0) is 19.8 Å². The first-order valence-corrected chi connectivity index (χ1v) is 7.66. The quantitative estimate of drug-likeness (QED) is 0.398. The third kappa shape index (κ3) is 13.1. The SMILES string of the molecule is Br.CCCCCCOC(C)(CN)OCCCCCC. The minimum Gasteiger partial charge on any atom is -0.349 e. The summed E-state index contributed by atoms with van der Waals surface area (Å²) in [7, 11) is 0. The fraction of sp³-hybridized carbons (Fsp3) is 1.00. The first-order chi connectivity index (χ1) is 8.68. The molecule has 0 aliphatic rings. The number of ether oxygens (including phenoxy) is 2. The Hall–Kier alpha value is 0.360. The van der Waals surface area contributed by atoms with Crippen LogP contribution in [0.3, 0.4) is 0 Å². The summed E-state index contributed by atoms with van der Waals surface area (Å²) in [5.41, 5.74) is 5.74. The van der Waals surface area contributed by atoms with Gasteiger partial charge in [-0.1, -0.05) is 52.4 Å². The number of hydrogen-bond acceptors (Lipinski definition) is 3. The van der Waals surface area contributed by atoms with E-state index in [0.29, 0.717) is 6.54 Å². The van der Waals surface area contributed by atoms with E-state index >= 15 is 0 Å². The molecule has 0 atom stereocenters. The molecule has 4 heteroatoms. The van der Waals surface area contributed by atoms with Crippen LogP contribution in [0.5, 0.6) is 0 Å². The minimum absolute atomic E-state index is 0. The van der Waals surface area contributed by atoms with Crippen molar-refractivity contribution in [2.75, 3.05) is 19.8 Å². The average Bonchev–Trinajstić information content (AvgIpc) is 2.38. The number of unbranched alkanes of at least 4 members (excludes halogenated alkanes) is 6. The second-order valence-corrected chi connectivity index (χ2v) is 5.16. The first kappa shape index (κ1) is 21.7. The molecular weight excluding hydrogens is 306 g/mol. The molecule has 0 amide bonds. The topological polar surface area (TPSA) is 44.5 Å². The predicted octanol–water partition coefficient (Wildman–Crippen LogP) is 4.43. The third-order valence-corrected chi connectivity index (χ3v) is 3.18. The lowest BCUT2D eigenvalue weighted by atomic mass is 10.2. The maximum Gasteiger partial charge on any atom is 0.177 e. The van der Waals surface area contributed by atoms with Gasteiger partial charge in [0.2, 0.25) is 0 Å². The molecule has 0 aromatic rings. The highest BCUT2D eigenvalue weighted by Crippen LogP contribution is 2.13. The molecule has 0 spiro atoms. The standard InChI is InChI=1S/C15H33NO2.BrH/c1-4-6-8-10-12-17-15(3,14-16)18-13-11-9-7-5-2;/h4-14,16H2,1-3H3;1H. The van der Waals surface area contributed by atoms with E-state index in [9.17, 15) is 0 Å². The Bertz CT molecular complexity index is 166. The lowest BCUT2D eigenvalue weighted by Crippen LogP contribution is -2.41. The van der Waals surface area contributed by atoms with E-state index in [1.165, 1.54) is 38.5 Å². The summed E-state index contributed by atoms with van der Waals surface area (Å²) in [4.78, 5) is 0. The van der Waals surface area contributed by atoms with Crippen molar-refractivity contribution in [3.8, 4) is 0 Å². The molecule has 0 aliphatic carbocycles. The molecule has 0 rings (SSSR count). The van der Waals surface area contributed by atoms with Crippen LogP contribution < -0.4 is 5.73 Å². The van der Waals surface area contributed by atoms with Gasteiger partial charge in [0.1, 0.15) is 0 Å². The Labute approximate surface area is 130 Å². The Balaban J connectivity index is 0. The maximum absolute atomic E-state index is 5.78. The Morgan fingerprint density at radius 1 is 0.789 bits per heavy atom. The second-order valence-electron chi connectivity index (χ2n) is 5.16. The molecule has 3 nitrogen and oxygen atoms in total. The van der Waals surface area contributed by atoms with E-state index in [1.54, 1.807) is 0 Å². The van der Waals surface area contributed by atoms with Gasteiger partial charge in [-0.2, -0.15) is 0 Å². The molecule has 0 bridgehead atoms. The molecule has 2 N–H and O–H groups in total. The van der Waals surface area contributed by atoms with Gasteiger partial charge in [-0.25, -0.2) is 0 Å². The summed E-state index contributed by atoms with van der Waals surface area (Å²) in [5, 5.41) is 0. The van der Waals surface area contributed by atoms with E-state index in [0.717, 1.165) is 26.1 Å². The smallest absolute Gasteiger partial charge is 0.177 e. The number of halogens is 1. The van der Waals surface area contributed by atoms with Gasteiger partial charge >= 0.3 is 0 Å². The zero-order valence-electron chi connectivity index (χ0n) is 13.1. The molecule has 0 heterocycles. The predicted molar refractivity (Wildman–Crippen MR) is 88.0 cm³/mol. The molecule has 0 aromatic heterocycles. The molecule has 0 saturated carbocycles. The normalized spacial score (nSPS) is 11.4. The minimum atomic E-state index is -0.585. The van der Waals surface area contributed by atoms with Crippen LogP contribution in [0.2, 0.25) is 0 Å². The fourth-order valence-electron chi connectivity index (χ4n) is 1.79. The first-order valence-electron chi connectivity index (χ1n) is 7.66. The maximum atomic E-state index is 5.78. The van der Waals surface area contributed by atoms with Crippen LogP contribution in [0, 0.1) is 0 Å². The number of nitrogens with two attached hydrogens (primary N) is 1. The molecule has 0 unspecified atom stereocenters. The van der Waals surface area contributed by atoms with Crippen molar-refractivity contribution in [1.82, 2.24) is 0 Å². The van der Waals surface area contributed by atoms with Crippen molar-refractivity contribution in [2.24, 2.45) is 5.73 Å². The second kappa shape index (κ2) is 14.8. The van der Waals surface area contributed by atoms with E-state index in [2.05, 4.69) is 13.8 Å². The summed E-state index contributed by atoms with van der Waals surface area (Å²) >= 11 is 0. The summed E-state index contributed by atoms with van der Waals surface area (Å²) in [6.45, 7) is 8.31. The summed E-state index contributed by atoms with van der Waals surface area (Å²) in [6.07, 6.45) is 9.72. The lowest BCUT2D eigenvalue weighted by Gasteiger charge is -2.28. The Kier molecular flexibility index (Phi) is 16.8. The molecule has 0 radical (unpaired) electrons. The average molecular weight is 340 g/mol. The highest BCUT2D eigenvalue weighted by atomic mass is 79.9. The lowest BCUT2D eigenvalue weighted by molar-refractivity contribution is -0.219. The molecule has 118 valence electrons. The van der Waals surface area contributed by atoms with Crippen LogP contribution in [0.4, 0.5) is 0 Å². The molecule has 0 saturated heterocycles. The van der Waals surface area contributed by atoms with Crippen LogP contribution in [0.1, 0.15) is 72.1 Å². The Morgan fingerprint density at radius 3 is 1.53 bits per heavy atom. The zero-order valence-corrected chi connectivity index (χ0v) is 14.8. The van der Waals surface area contributed by atoms with Crippen LogP contribution >= 0.6 is 17.0 Å². The molecule has 0 aromatic carbocycles. The third-order valence-electron chi connectivity index (χ3n) is 3.18. The highest BCUT2D eigenvalue weighted by Gasteiger charge is 2.23. The molecular formula is C15H34BrNO2. The van der Waals surface area contributed by atoms with Crippen LogP contribution in [-0.2, 0) is 9.47 Å². The number of rotatable bonds is 13. The van der Waals surface area contributed by atoms with Crippen molar-refractivity contribution >= 4 is 17.0 Å². The van der Waals surface area contributed by atoms with Crippen molar-refractivity contribution in [3.05, 3.63) is 0 Å². The summed E-state index contributed by atoms with van der Waals surface area (Å²) in [6, 6.07) is 0. The van der Waals surface area contributed by atoms with Crippen LogP contribution in [0.25, 0.3) is 0 Å². The summed E-state index contributed by atoms with van der Waals surface area (Å²) < 4.78 is 11.6.